The van der Waals surface area contributed by atoms with E-state index in [2.05, 4.69) is 18.3 Å². The zero-order chi connectivity index (χ0) is 16.8. The van der Waals surface area contributed by atoms with Crippen molar-refractivity contribution in [3.8, 4) is 5.75 Å². The molecule has 0 fully saturated rings. The Balaban J connectivity index is 1.81. The van der Waals surface area contributed by atoms with Crippen molar-refractivity contribution in [1.29, 1.82) is 0 Å². The summed E-state index contributed by atoms with van der Waals surface area (Å²) < 4.78 is 5.70. The van der Waals surface area contributed by atoms with Crippen LogP contribution in [0.1, 0.15) is 29.2 Å². The molecule has 1 amide bonds. The molecule has 3 heteroatoms. The van der Waals surface area contributed by atoms with Crippen molar-refractivity contribution in [1.82, 2.24) is 5.32 Å². The van der Waals surface area contributed by atoms with Gasteiger partial charge < -0.3 is 10.1 Å². The van der Waals surface area contributed by atoms with E-state index in [1.807, 2.05) is 57.2 Å². The van der Waals surface area contributed by atoms with Crippen LogP contribution in [0.25, 0.3) is 0 Å². The van der Waals surface area contributed by atoms with Crippen molar-refractivity contribution in [3.05, 3.63) is 64.7 Å². The van der Waals surface area contributed by atoms with Gasteiger partial charge in [0.25, 0.3) is 0 Å². The molecule has 122 valence electrons. The van der Waals surface area contributed by atoms with Gasteiger partial charge in [0.1, 0.15) is 12.4 Å². The maximum Gasteiger partial charge on any atom is 0.224 e. The van der Waals surface area contributed by atoms with Gasteiger partial charge in [-0.15, -0.1) is 0 Å². The largest absolute Gasteiger partial charge is 0.491 e. The molecule has 0 bridgehead atoms. The van der Waals surface area contributed by atoms with Gasteiger partial charge in [-0.25, -0.2) is 0 Å². The topological polar surface area (TPSA) is 38.3 Å². The molecule has 2 aromatic carbocycles. The Morgan fingerprint density at radius 2 is 1.70 bits per heavy atom. The van der Waals surface area contributed by atoms with Crippen molar-refractivity contribution in [2.45, 2.75) is 40.2 Å². The van der Waals surface area contributed by atoms with E-state index >= 15 is 0 Å². The number of ether oxygens (including phenoxy) is 1. The highest BCUT2D eigenvalue weighted by Gasteiger charge is 2.10. The first kappa shape index (κ1) is 17.1. The Kier molecular flexibility index (Phi) is 5.80. The minimum Gasteiger partial charge on any atom is -0.491 e. The number of benzene rings is 2. The monoisotopic (exact) mass is 311 g/mol. The van der Waals surface area contributed by atoms with Gasteiger partial charge >= 0.3 is 0 Å². The summed E-state index contributed by atoms with van der Waals surface area (Å²) in [4.78, 5) is 12.1. The molecule has 0 saturated carbocycles. The van der Waals surface area contributed by atoms with Gasteiger partial charge in [0.2, 0.25) is 5.91 Å². The summed E-state index contributed by atoms with van der Waals surface area (Å²) >= 11 is 0. The predicted molar refractivity (Wildman–Crippen MR) is 93.9 cm³/mol. The lowest BCUT2D eigenvalue weighted by atomic mass is 10.0. The molecule has 1 unspecified atom stereocenters. The molecule has 0 aromatic heterocycles. The molecule has 0 heterocycles. The fourth-order valence-corrected chi connectivity index (χ4v) is 2.44. The van der Waals surface area contributed by atoms with E-state index in [1.54, 1.807) is 0 Å². The van der Waals surface area contributed by atoms with E-state index in [1.165, 1.54) is 11.1 Å². The average Bonchev–Trinajstić information content (AvgIpc) is 2.49. The van der Waals surface area contributed by atoms with Crippen LogP contribution >= 0.6 is 0 Å². The summed E-state index contributed by atoms with van der Waals surface area (Å²) in [5.74, 6) is 0.850. The van der Waals surface area contributed by atoms with Crippen LogP contribution in [0.4, 0.5) is 0 Å². The van der Waals surface area contributed by atoms with E-state index in [0.717, 1.165) is 16.9 Å². The third kappa shape index (κ3) is 5.44. The number of amides is 1. The molecule has 0 aliphatic rings. The first-order valence-electron chi connectivity index (χ1n) is 7.99. The van der Waals surface area contributed by atoms with Crippen LogP contribution in [0.2, 0.25) is 0 Å². The number of carbonyl (C=O) groups is 1. The van der Waals surface area contributed by atoms with Crippen LogP contribution in [-0.4, -0.2) is 18.6 Å². The van der Waals surface area contributed by atoms with E-state index in [0.29, 0.717) is 13.0 Å². The zero-order valence-corrected chi connectivity index (χ0v) is 14.3. The van der Waals surface area contributed by atoms with E-state index < -0.39 is 0 Å². The second-order valence-corrected chi connectivity index (χ2v) is 6.20. The van der Waals surface area contributed by atoms with Crippen LogP contribution in [0.15, 0.2) is 42.5 Å². The standard InChI is InChI=1S/C20H25NO2/c1-14-6-9-19(10-7-14)23-13-17(4)21-20(22)12-18-8-5-15(2)11-16(18)3/h5-11,17H,12-13H2,1-4H3,(H,21,22). The molecular weight excluding hydrogens is 286 g/mol. The highest BCUT2D eigenvalue weighted by atomic mass is 16.5. The molecule has 0 radical (unpaired) electrons. The highest BCUT2D eigenvalue weighted by Crippen LogP contribution is 2.12. The molecular formula is C20H25NO2. The maximum atomic E-state index is 12.1. The Bertz CT molecular complexity index is 662. The van der Waals surface area contributed by atoms with Crippen molar-refractivity contribution in [2.75, 3.05) is 6.61 Å². The van der Waals surface area contributed by atoms with E-state index in [-0.39, 0.29) is 11.9 Å². The lowest BCUT2D eigenvalue weighted by Crippen LogP contribution is -2.37. The number of hydrogen-bond donors (Lipinski definition) is 1. The van der Waals surface area contributed by atoms with Crippen LogP contribution in [0.3, 0.4) is 0 Å². The number of hydrogen-bond acceptors (Lipinski definition) is 2. The fourth-order valence-electron chi connectivity index (χ4n) is 2.44. The maximum absolute atomic E-state index is 12.1. The summed E-state index contributed by atoms with van der Waals surface area (Å²) in [5, 5.41) is 2.99. The molecule has 0 spiro atoms. The molecule has 2 aromatic rings. The molecule has 1 atom stereocenters. The Hall–Kier alpha value is -2.29. The Morgan fingerprint density at radius 3 is 2.35 bits per heavy atom. The number of carbonyl (C=O) groups excluding carboxylic acids is 1. The van der Waals surface area contributed by atoms with Crippen LogP contribution in [0.5, 0.6) is 5.75 Å². The third-order valence-corrected chi connectivity index (χ3v) is 3.78. The van der Waals surface area contributed by atoms with Crippen LogP contribution in [-0.2, 0) is 11.2 Å². The van der Waals surface area contributed by atoms with Gasteiger partial charge in [-0.1, -0.05) is 41.5 Å². The second kappa shape index (κ2) is 7.82. The lowest BCUT2D eigenvalue weighted by Gasteiger charge is -2.16. The van der Waals surface area contributed by atoms with Gasteiger partial charge in [0.05, 0.1) is 12.5 Å². The van der Waals surface area contributed by atoms with E-state index in [9.17, 15) is 4.79 Å². The van der Waals surface area contributed by atoms with Crippen molar-refractivity contribution < 1.29 is 9.53 Å². The quantitative estimate of drug-likeness (QED) is 0.882. The Morgan fingerprint density at radius 1 is 1.04 bits per heavy atom. The first-order valence-corrected chi connectivity index (χ1v) is 7.99. The minimum absolute atomic E-state index is 0.0250. The smallest absolute Gasteiger partial charge is 0.224 e. The molecule has 1 N–H and O–H groups in total. The summed E-state index contributed by atoms with van der Waals surface area (Å²) in [6.07, 6.45) is 0.404. The first-order chi connectivity index (χ1) is 10.9. The fraction of sp³-hybridized carbons (Fsp3) is 0.350. The number of nitrogens with one attached hydrogen (secondary N) is 1. The molecule has 0 aliphatic carbocycles. The predicted octanol–water partition coefficient (Wildman–Crippen LogP) is 3.74. The van der Waals surface area contributed by atoms with Gasteiger partial charge in [-0.3, -0.25) is 4.79 Å². The SMILES string of the molecule is Cc1ccc(OCC(C)NC(=O)Cc2ccc(C)cc2C)cc1. The third-order valence-electron chi connectivity index (χ3n) is 3.78. The van der Waals surface area contributed by atoms with Crippen molar-refractivity contribution in [2.24, 2.45) is 0 Å². The van der Waals surface area contributed by atoms with Crippen molar-refractivity contribution in [3.63, 3.8) is 0 Å². The summed E-state index contributed by atoms with van der Waals surface area (Å²) in [7, 11) is 0. The van der Waals surface area contributed by atoms with Crippen LogP contribution < -0.4 is 10.1 Å². The normalized spacial score (nSPS) is 11.8. The highest BCUT2D eigenvalue weighted by molar-refractivity contribution is 5.79. The summed E-state index contributed by atoms with van der Waals surface area (Å²) in [6, 6.07) is 14.1. The second-order valence-electron chi connectivity index (χ2n) is 6.20. The number of rotatable bonds is 6. The molecule has 0 saturated heterocycles. The molecule has 2 rings (SSSR count). The Labute approximate surface area is 138 Å². The van der Waals surface area contributed by atoms with Gasteiger partial charge in [0, 0.05) is 0 Å². The van der Waals surface area contributed by atoms with Gasteiger partial charge in [0.15, 0.2) is 0 Å². The minimum atomic E-state index is -0.0328. The summed E-state index contributed by atoms with van der Waals surface area (Å²) in [5.41, 5.74) is 4.64. The van der Waals surface area contributed by atoms with E-state index in [4.69, 9.17) is 4.74 Å². The van der Waals surface area contributed by atoms with Gasteiger partial charge in [-0.2, -0.15) is 0 Å². The average molecular weight is 311 g/mol. The summed E-state index contributed by atoms with van der Waals surface area (Å²) in [6.45, 7) is 8.55. The lowest BCUT2D eigenvalue weighted by molar-refractivity contribution is -0.121. The van der Waals surface area contributed by atoms with Crippen molar-refractivity contribution >= 4 is 5.91 Å². The van der Waals surface area contributed by atoms with Gasteiger partial charge in [-0.05, 0) is 51.0 Å². The number of aryl methyl sites for hydroxylation is 3. The molecule has 0 aliphatic heterocycles. The van der Waals surface area contributed by atoms with Crippen LogP contribution in [0, 0.1) is 20.8 Å². The zero-order valence-electron chi connectivity index (χ0n) is 14.3. The molecule has 23 heavy (non-hydrogen) atoms. The molecule has 3 nitrogen and oxygen atoms in total.